The smallest absolute Gasteiger partial charge is 0.251 e. The number of nitrogen functional groups attached to an aromatic ring is 1. The second-order valence-electron chi connectivity index (χ2n) is 4.25. The third-order valence-electron chi connectivity index (χ3n) is 2.67. The third-order valence-corrected chi connectivity index (χ3v) is 2.67. The lowest BCUT2D eigenvalue weighted by atomic mass is 10.2. The summed E-state index contributed by atoms with van der Waals surface area (Å²) in [5, 5.41) is 6.00. The molecule has 0 aliphatic rings. The van der Waals surface area contributed by atoms with Crippen molar-refractivity contribution in [2.45, 2.75) is 6.42 Å². The predicted molar refractivity (Wildman–Crippen MR) is 78.3 cm³/mol. The maximum absolute atomic E-state index is 11.7. The van der Waals surface area contributed by atoms with E-state index in [9.17, 15) is 4.79 Å². The standard InChI is InChI=1S/C14H17N5O/c15-12-2-3-13(19-10-12)17-6-1-7-18-14(20)11-4-8-16-9-5-11/h2-5,8-10H,1,6-7,15H2,(H,17,19)(H,18,20). The molecule has 0 saturated carbocycles. The molecular formula is C14H17N5O. The normalized spacial score (nSPS) is 10.0. The number of nitrogens with one attached hydrogen (secondary N) is 2. The Hall–Kier alpha value is -2.63. The van der Waals surface area contributed by atoms with E-state index in [1.165, 1.54) is 0 Å². The summed E-state index contributed by atoms with van der Waals surface area (Å²) in [5.41, 5.74) is 6.81. The molecule has 4 N–H and O–H groups in total. The quantitative estimate of drug-likeness (QED) is 0.688. The van der Waals surface area contributed by atoms with Crippen molar-refractivity contribution in [2.75, 3.05) is 24.1 Å². The number of carbonyl (C=O) groups is 1. The Morgan fingerprint density at radius 3 is 2.65 bits per heavy atom. The molecular weight excluding hydrogens is 254 g/mol. The Labute approximate surface area is 117 Å². The summed E-state index contributed by atoms with van der Waals surface area (Å²) in [6, 6.07) is 6.99. The molecule has 6 heteroatoms. The first-order valence-electron chi connectivity index (χ1n) is 6.39. The minimum absolute atomic E-state index is 0.0852. The van der Waals surface area contributed by atoms with Gasteiger partial charge in [-0.3, -0.25) is 9.78 Å². The van der Waals surface area contributed by atoms with Crippen LogP contribution in [0.25, 0.3) is 0 Å². The van der Waals surface area contributed by atoms with Gasteiger partial charge in [-0.15, -0.1) is 0 Å². The van der Waals surface area contributed by atoms with E-state index in [2.05, 4.69) is 20.6 Å². The Balaban J connectivity index is 1.64. The molecule has 20 heavy (non-hydrogen) atoms. The summed E-state index contributed by atoms with van der Waals surface area (Å²) in [7, 11) is 0. The van der Waals surface area contributed by atoms with Gasteiger partial charge in [-0.2, -0.15) is 0 Å². The third kappa shape index (κ3) is 4.24. The molecule has 0 spiro atoms. The number of carbonyl (C=O) groups excluding carboxylic acids is 1. The second-order valence-corrected chi connectivity index (χ2v) is 4.25. The van der Waals surface area contributed by atoms with E-state index < -0.39 is 0 Å². The van der Waals surface area contributed by atoms with Gasteiger partial charge in [-0.1, -0.05) is 0 Å². The van der Waals surface area contributed by atoms with E-state index in [4.69, 9.17) is 5.73 Å². The summed E-state index contributed by atoms with van der Waals surface area (Å²) in [4.78, 5) is 19.7. The Morgan fingerprint density at radius 2 is 1.95 bits per heavy atom. The number of pyridine rings is 2. The molecule has 0 aliphatic carbocycles. The highest BCUT2D eigenvalue weighted by Crippen LogP contribution is 2.05. The van der Waals surface area contributed by atoms with Crippen LogP contribution in [0.15, 0.2) is 42.9 Å². The first kappa shape index (κ1) is 13.8. The average Bonchev–Trinajstić information content (AvgIpc) is 2.49. The van der Waals surface area contributed by atoms with Crippen LogP contribution in [0, 0.1) is 0 Å². The van der Waals surface area contributed by atoms with Crippen LogP contribution in [-0.2, 0) is 0 Å². The lowest BCUT2D eigenvalue weighted by Crippen LogP contribution is -2.25. The second kappa shape index (κ2) is 7.08. The van der Waals surface area contributed by atoms with Crippen molar-refractivity contribution in [3.63, 3.8) is 0 Å². The van der Waals surface area contributed by atoms with Gasteiger partial charge in [0.1, 0.15) is 5.82 Å². The minimum atomic E-state index is -0.0852. The van der Waals surface area contributed by atoms with Crippen LogP contribution in [0.3, 0.4) is 0 Å². The lowest BCUT2D eigenvalue weighted by Gasteiger charge is -2.07. The van der Waals surface area contributed by atoms with Crippen LogP contribution in [0.1, 0.15) is 16.8 Å². The summed E-state index contributed by atoms with van der Waals surface area (Å²) in [5.74, 6) is 0.692. The summed E-state index contributed by atoms with van der Waals surface area (Å²) in [6.07, 6.45) is 5.61. The molecule has 0 bridgehead atoms. The Bertz CT molecular complexity index is 541. The van der Waals surface area contributed by atoms with Crippen molar-refractivity contribution >= 4 is 17.4 Å². The summed E-state index contributed by atoms with van der Waals surface area (Å²) < 4.78 is 0. The van der Waals surface area contributed by atoms with E-state index >= 15 is 0 Å². The van der Waals surface area contributed by atoms with E-state index in [1.807, 2.05) is 6.07 Å². The van der Waals surface area contributed by atoms with Crippen LogP contribution >= 0.6 is 0 Å². The Kier molecular flexibility index (Phi) is 4.88. The van der Waals surface area contributed by atoms with Crippen molar-refractivity contribution < 1.29 is 4.79 Å². The molecule has 104 valence electrons. The molecule has 0 saturated heterocycles. The van der Waals surface area contributed by atoms with Crippen LogP contribution in [0.5, 0.6) is 0 Å². The van der Waals surface area contributed by atoms with Crippen LogP contribution in [0.2, 0.25) is 0 Å². The van der Waals surface area contributed by atoms with Gasteiger partial charge < -0.3 is 16.4 Å². The average molecular weight is 271 g/mol. The largest absolute Gasteiger partial charge is 0.397 e. The van der Waals surface area contributed by atoms with Gasteiger partial charge in [-0.05, 0) is 30.7 Å². The van der Waals surface area contributed by atoms with E-state index in [0.717, 1.165) is 18.8 Å². The molecule has 0 fully saturated rings. The number of nitrogens with zero attached hydrogens (tertiary/aromatic N) is 2. The zero-order chi connectivity index (χ0) is 14.2. The van der Waals surface area contributed by atoms with Crippen molar-refractivity contribution in [2.24, 2.45) is 0 Å². The number of hydrogen-bond acceptors (Lipinski definition) is 5. The van der Waals surface area contributed by atoms with E-state index in [0.29, 0.717) is 17.8 Å². The Morgan fingerprint density at radius 1 is 1.15 bits per heavy atom. The fourth-order valence-electron chi connectivity index (χ4n) is 1.62. The van der Waals surface area contributed by atoms with Gasteiger partial charge in [-0.25, -0.2) is 4.98 Å². The molecule has 2 heterocycles. The fraction of sp³-hybridized carbons (Fsp3) is 0.214. The van der Waals surface area contributed by atoms with Crippen LogP contribution in [0.4, 0.5) is 11.5 Å². The molecule has 0 aliphatic heterocycles. The molecule has 0 aromatic carbocycles. The van der Waals surface area contributed by atoms with Gasteiger partial charge in [0.2, 0.25) is 0 Å². The van der Waals surface area contributed by atoms with E-state index in [1.54, 1.807) is 36.8 Å². The van der Waals surface area contributed by atoms with Gasteiger partial charge >= 0.3 is 0 Å². The highest BCUT2D eigenvalue weighted by atomic mass is 16.1. The first-order valence-corrected chi connectivity index (χ1v) is 6.39. The molecule has 2 rings (SSSR count). The van der Waals surface area contributed by atoms with Gasteiger partial charge in [0.05, 0.1) is 11.9 Å². The van der Waals surface area contributed by atoms with Crippen molar-refractivity contribution in [3.8, 4) is 0 Å². The SMILES string of the molecule is Nc1ccc(NCCCNC(=O)c2ccncc2)nc1. The van der Waals surface area contributed by atoms with Gasteiger partial charge in [0.15, 0.2) is 0 Å². The monoisotopic (exact) mass is 271 g/mol. The fourth-order valence-corrected chi connectivity index (χ4v) is 1.62. The maximum Gasteiger partial charge on any atom is 0.251 e. The number of hydrogen-bond donors (Lipinski definition) is 3. The number of nitrogens with two attached hydrogens (primary N) is 1. The number of aromatic nitrogens is 2. The molecule has 2 aromatic rings. The predicted octanol–water partition coefficient (Wildman–Crippen LogP) is 1.29. The molecule has 6 nitrogen and oxygen atoms in total. The topological polar surface area (TPSA) is 92.9 Å². The zero-order valence-electron chi connectivity index (χ0n) is 11.0. The highest BCUT2D eigenvalue weighted by Gasteiger charge is 2.02. The molecule has 0 unspecified atom stereocenters. The van der Waals surface area contributed by atoms with Crippen molar-refractivity contribution in [1.82, 2.24) is 15.3 Å². The van der Waals surface area contributed by atoms with Gasteiger partial charge in [0, 0.05) is 31.0 Å². The number of anilines is 2. The van der Waals surface area contributed by atoms with Crippen LogP contribution in [-0.4, -0.2) is 29.0 Å². The molecule has 0 radical (unpaired) electrons. The van der Waals surface area contributed by atoms with Crippen molar-refractivity contribution in [3.05, 3.63) is 48.4 Å². The lowest BCUT2D eigenvalue weighted by molar-refractivity contribution is 0.0953. The number of rotatable bonds is 6. The van der Waals surface area contributed by atoms with Crippen LogP contribution < -0.4 is 16.4 Å². The number of amides is 1. The van der Waals surface area contributed by atoms with E-state index in [-0.39, 0.29) is 5.91 Å². The molecule has 2 aromatic heterocycles. The minimum Gasteiger partial charge on any atom is -0.397 e. The molecule has 0 atom stereocenters. The summed E-state index contributed by atoms with van der Waals surface area (Å²) >= 11 is 0. The van der Waals surface area contributed by atoms with Gasteiger partial charge in [0.25, 0.3) is 5.91 Å². The molecule has 1 amide bonds. The maximum atomic E-state index is 11.7. The highest BCUT2D eigenvalue weighted by molar-refractivity contribution is 5.93. The zero-order valence-corrected chi connectivity index (χ0v) is 11.0. The summed E-state index contributed by atoms with van der Waals surface area (Å²) in [6.45, 7) is 1.33. The first-order chi connectivity index (χ1) is 9.75. The van der Waals surface area contributed by atoms with Crippen molar-refractivity contribution in [1.29, 1.82) is 0 Å².